The summed E-state index contributed by atoms with van der Waals surface area (Å²) in [5, 5.41) is 10.9. The highest BCUT2D eigenvalue weighted by molar-refractivity contribution is 9.10. The zero-order chi connectivity index (χ0) is 10.6. The lowest BCUT2D eigenvalue weighted by molar-refractivity contribution is -0.115. The van der Waals surface area contributed by atoms with Crippen LogP contribution in [0.1, 0.15) is 12.0 Å². The molecule has 0 bridgehead atoms. The van der Waals surface area contributed by atoms with E-state index in [1.807, 2.05) is 19.1 Å². The zero-order valence-corrected chi connectivity index (χ0v) is 9.26. The van der Waals surface area contributed by atoms with E-state index in [-0.39, 0.29) is 12.3 Å². The number of hydrogen-bond acceptors (Lipinski definition) is 2. The first-order chi connectivity index (χ1) is 6.63. The lowest BCUT2D eigenvalue weighted by Gasteiger charge is -2.04. The number of nitriles is 1. The fourth-order valence-corrected chi connectivity index (χ4v) is 1.25. The smallest absolute Gasteiger partial charge is 0.238 e. The summed E-state index contributed by atoms with van der Waals surface area (Å²) in [6, 6.07) is 7.28. The molecule has 4 heteroatoms. The molecule has 0 aromatic heterocycles. The predicted molar refractivity (Wildman–Crippen MR) is 57.7 cm³/mol. The van der Waals surface area contributed by atoms with Crippen molar-refractivity contribution >= 4 is 27.5 Å². The van der Waals surface area contributed by atoms with Crippen LogP contribution in [-0.4, -0.2) is 5.91 Å². The maximum absolute atomic E-state index is 11.1. The highest BCUT2D eigenvalue weighted by atomic mass is 79.9. The van der Waals surface area contributed by atoms with Crippen LogP contribution in [-0.2, 0) is 4.79 Å². The molecule has 0 aliphatic carbocycles. The summed E-state index contributed by atoms with van der Waals surface area (Å²) >= 11 is 3.36. The van der Waals surface area contributed by atoms with Crippen LogP contribution in [0.4, 0.5) is 5.69 Å². The highest BCUT2D eigenvalue weighted by Crippen LogP contribution is 2.19. The summed E-state index contributed by atoms with van der Waals surface area (Å²) in [5.74, 6) is -0.283. The van der Waals surface area contributed by atoms with E-state index >= 15 is 0 Å². The molecule has 0 heterocycles. The third-order valence-electron chi connectivity index (χ3n) is 1.68. The number of benzene rings is 1. The van der Waals surface area contributed by atoms with Crippen molar-refractivity contribution in [3.8, 4) is 6.07 Å². The van der Waals surface area contributed by atoms with E-state index in [4.69, 9.17) is 5.26 Å². The second-order valence-electron chi connectivity index (χ2n) is 2.85. The third kappa shape index (κ3) is 2.86. The van der Waals surface area contributed by atoms with Crippen LogP contribution in [0, 0.1) is 18.3 Å². The minimum Gasteiger partial charge on any atom is -0.325 e. The number of aryl methyl sites for hydroxylation is 1. The first kappa shape index (κ1) is 10.7. The predicted octanol–water partition coefficient (Wildman–Crippen LogP) is 2.61. The van der Waals surface area contributed by atoms with Crippen LogP contribution >= 0.6 is 15.9 Å². The number of carbonyl (C=O) groups excluding carboxylic acids is 1. The molecular formula is C10H9BrN2O. The fourth-order valence-electron chi connectivity index (χ4n) is 0.999. The molecular weight excluding hydrogens is 244 g/mol. The molecule has 0 aliphatic heterocycles. The van der Waals surface area contributed by atoms with Crippen LogP contribution in [0.25, 0.3) is 0 Å². The van der Waals surface area contributed by atoms with Gasteiger partial charge in [-0.1, -0.05) is 15.9 Å². The Kier molecular flexibility index (Phi) is 3.66. The normalized spacial score (nSPS) is 9.21. The molecule has 0 unspecified atom stereocenters. The Bertz CT molecular complexity index is 396. The molecule has 1 N–H and O–H groups in total. The molecule has 14 heavy (non-hydrogen) atoms. The molecule has 0 saturated heterocycles. The van der Waals surface area contributed by atoms with Gasteiger partial charge in [-0.25, -0.2) is 0 Å². The standard InChI is InChI=1S/C10H9BrN2O/c1-7-6-8(2-3-9(7)11)13-10(14)4-5-12/h2-3,6H,4H2,1H3,(H,13,14). The molecule has 1 aromatic rings. The summed E-state index contributed by atoms with van der Waals surface area (Å²) in [6.07, 6.45) is -0.116. The molecule has 1 amide bonds. The summed E-state index contributed by atoms with van der Waals surface area (Å²) in [4.78, 5) is 11.1. The van der Waals surface area contributed by atoms with Crippen molar-refractivity contribution in [3.05, 3.63) is 28.2 Å². The number of nitrogens with one attached hydrogen (secondary N) is 1. The number of halogens is 1. The minimum absolute atomic E-state index is 0.116. The van der Waals surface area contributed by atoms with E-state index in [0.29, 0.717) is 5.69 Å². The van der Waals surface area contributed by atoms with Crippen molar-refractivity contribution in [2.45, 2.75) is 13.3 Å². The van der Waals surface area contributed by atoms with Crippen molar-refractivity contribution in [1.82, 2.24) is 0 Å². The van der Waals surface area contributed by atoms with Gasteiger partial charge in [0.05, 0.1) is 6.07 Å². The van der Waals surface area contributed by atoms with Crippen molar-refractivity contribution in [2.75, 3.05) is 5.32 Å². The summed E-state index contributed by atoms with van der Waals surface area (Å²) in [5.41, 5.74) is 1.76. The van der Waals surface area contributed by atoms with Crippen LogP contribution in [0.3, 0.4) is 0 Å². The van der Waals surface area contributed by atoms with Crippen molar-refractivity contribution < 1.29 is 4.79 Å². The Balaban J connectivity index is 2.74. The molecule has 3 nitrogen and oxygen atoms in total. The summed E-state index contributed by atoms with van der Waals surface area (Å²) < 4.78 is 0.996. The summed E-state index contributed by atoms with van der Waals surface area (Å²) in [6.45, 7) is 1.93. The van der Waals surface area contributed by atoms with Crippen LogP contribution < -0.4 is 5.32 Å². The lowest BCUT2D eigenvalue weighted by Crippen LogP contribution is -2.10. The average molecular weight is 253 g/mol. The Labute approximate surface area is 90.9 Å². The Morgan fingerprint density at radius 2 is 2.36 bits per heavy atom. The number of amides is 1. The molecule has 0 spiro atoms. The van der Waals surface area contributed by atoms with E-state index in [1.165, 1.54) is 0 Å². The quantitative estimate of drug-likeness (QED) is 0.880. The zero-order valence-electron chi connectivity index (χ0n) is 7.67. The Hall–Kier alpha value is -1.34. The van der Waals surface area contributed by atoms with E-state index in [0.717, 1.165) is 10.0 Å². The highest BCUT2D eigenvalue weighted by Gasteiger charge is 2.02. The summed E-state index contributed by atoms with van der Waals surface area (Å²) in [7, 11) is 0. The van der Waals surface area contributed by atoms with Gasteiger partial charge in [0.1, 0.15) is 6.42 Å². The SMILES string of the molecule is Cc1cc(NC(=O)CC#N)ccc1Br. The van der Waals surface area contributed by atoms with Gasteiger partial charge in [0, 0.05) is 10.2 Å². The van der Waals surface area contributed by atoms with Crippen LogP contribution in [0.15, 0.2) is 22.7 Å². The average Bonchev–Trinajstić information content (AvgIpc) is 2.12. The first-order valence-electron chi connectivity index (χ1n) is 4.06. The van der Waals surface area contributed by atoms with Crippen LogP contribution in [0.5, 0.6) is 0 Å². The molecule has 1 rings (SSSR count). The van der Waals surface area contributed by atoms with Crippen molar-refractivity contribution in [1.29, 1.82) is 5.26 Å². The van der Waals surface area contributed by atoms with Gasteiger partial charge in [-0.3, -0.25) is 4.79 Å². The molecule has 72 valence electrons. The van der Waals surface area contributed by atoms with Gasteiger partial charge in [-0.2, -0.15) is 5.26 Å². The molecule has 0 saturated carbocycles. The molecule has 0 fully saturated rings. The molecule has 0 radical (unpaired) electrons. The largest absolute Gasteiger partial charge is 0.325 e. The second-order valence-corrected chi connectivity index (χ2v) is 3.70. The molecule has 0 aliphatic rings. The number of rotatable bonds is 2. The van der Waals surface area contributed by atoms with Crippen molar-refractivity contribution in [3.63, 3.8) is 0 Å². The third-order valence-corrected chi connectivity index (χ3v) is 2.57. The van der Waals surface area contributed by atoms with Gasteiger partial charge in [-0.05, 0) is 30.7 Å². The molecule has 0 atom stereocenters. The number of nitrogens with zero attached hydrogens (tertiary/aromatic N) is 1. The van der Waals surface area contributed by atoms with E-state index in [9.17, 15) is 4.79 Å². The monoisotopic (exact) mass is 252 g/mol. The maximum atomic E-state index is 11.1. The van der Waals surface area contributed by atoms with Gasteiger partial charge < -0.3 is 5.32 Å². The Morgan fingerprint density at radius 1 is 1.64 bits per heavy atom. The minimum atomic E-state index is -0.283. The van der Waals surface area contributed by atoms with Crippen molar-refractivity contribution in [2.24, 2.45) is 0 Å². The second kappa shape index (κ2) is 4.77. The van der Waals surface area contributed by atoms with E-state index < -0.39 is 0 Å². The van der Waals surface area contributed by atoms with E-state index in [1.54, 1.807) is 12.1 Å². The number of carbonyl (C=O) groups is 1. The topological polar surface area (TPSA) is 52.9 Å². The van der Waals surface area contributed by atoms with Gasteiger partial charge in [0.2, 0.25) is 5.91 Å². The maximum Gasteiger partial charge on any atom is 0.238 e. The lowest BCUT2D eigenvalue weighted by atomic mass is 10.2. The fraction of sp³-hybridized carbons (Fsp3) is 0.200. The molecule has 1 aromatic carbocycles. The first-order valence-corrected chi connectivity index (χ1v) is 4.85. The van der Waals surface area contributed by atoms with E-state index in [2.05, 4.69) is 21.2 Å². The Morgan fingerprint density at radius 3 is 2.93 bits per heavy atom. The van der Waals surface area contributed by atoms with Gasteiger partial charge >= 0.3 is 0 Å². The number of anilines is 1. The van der Waals surface area contributed by atoms with Gasteiger partial charge in [0.15, 0.2) is 0 Å². The number of hydrogen-bond donors (Lipinski definition) is 1. The van der Waals surface area contributed by atoms with Gasteiger partial charge in [-0.15, -0.1) is 0 Å². The van der Waals surface area contributed by atoms with Gasteiger partial charge in [0.25, 0.3) is 0 Å². The van der Waals surface area contributed by atoms with Crippen LogP contribution in [0.2, 0.25) is 0 Å².